The third kappa shape index (κ3) is 4.68. The molecule has 0 unspecified atom stereocenters. The van der Waals surface area contributed by atoms with E-state index < -0.39 is 0 Å². The molecule has 0 saturated carbocycles. The molecule has 0 aromatic heterocycles. The topological polar surface area (TPSA) is 78.1 Å². The number of nitrogens with zero attached hydrogens (tertiary/aromatic N) is 1. The fourth-order valence-electron chi connectivity index (χ4n) is 3.61. The number of hydrogen-bond donors (Lipinski definition) is 2. The number of nitrogens with one attached hydrogen (secondary N) is 2. The Kier molecular flexibility index (Phi) is 6.13. The van der Waals surface area contributed by atoms with Crippen LogP contribution in [0.3, 0.4) is 0 Å². The molecule has 0 bridgehead atoms. The molecule has 0 atom stereocenters. The number of hydrogen-bond acceptors (Lipinski definition) is 5. The molecule has 3 rings (SSSR count). The van der Waals surface area contributed by atoms with E-state index in [1.54, 1.807) is 26.4 Å². The van der Waals surface area contributed by atoms with Gasteiger partial charge in [0, 0.05) is 36.6 Å². The average molecular weight is 372 g/mol. The first kappa shape index (κ1) is 19.0. The van der Waals surface area contributed by atoms with Crippen LogP contribution in [-0.4, -0.2) is 38.3 Å². The van der Waals surface area contributed by atoms with E-state index in [1.165, 1.54) is 16.5 Å². The number of methoxy groups -OCH3 is 2. The Bertz CT molecular complexity index is 789. The second-order valence-electron chi connectivity index (χ2n) is 6.80. The predicted octanol–water partition coefficient (Wildman–Crippen LogP) is 2.27. The fraction of sp³-hybridized carbons (Fsp3) is 0.400. The molecule has 1 aliphatic rings. The second-order valence-corrected chi connectivity index (χ2v) is 6.80. The monoisotopic (exact) mass is 372 g/mol. The molecule has 0 aliphatic carbocycles. The van der Waals surface area contributed by atoms with Gasteiger partial charge < -0.3 is 19.7 Å². The van der Waals surface area contributed by atoms with Crippen molar-refractivity contribution in [3.05, 3.63) is 58.1 Å². The lowest BCUT2D eigenvalue weighted by atomic mass is 10.0. The lowest BCUT2D eigenvalue weighted by Gasteiger charge is -2.31. The van der Waals surface area contributed by atoms with Crippen molar-refractivity contribution in [2.75, 3.05) is 32.6 Å². The maximum Gasteiger partial charge on any atom is 0.271 e. The number of nitro groups is 1. The Morgan fingerprint density at radius 1 is 1.11 bits per heavy atom. The van der Waals surface area contributed by atoms with Crippen LogP contribution in [0.5, 0.6) is 11.5 Å². The number of quaternary nitrogens is 1. The normalized spacial score (nSPS) is 19.3. The molecule has 0 spiro atoms. The summed E-state index contributed by atoms with van der Waals surface area (Å²) in [7, 11) is 3.28. The molecule has 2 N–H and O–H groups in total. The lowest BCUT2D eigenvalue weighted by molar-refractivity contribution is -0.918. The van der Waals surface area contributed by atoms with Crippen LogP contribution in [0.1, 0.15) is 18.4 Å². The van der Waals surface area contributed by atoms with Crippen LogP contribution in [0.15, 0.2) is 42.5 Å². The zero-order valence-electron chi connectivity index (χ0n) is 15.7. The summed E-state index contributed by atoms with van der Waals surface area (Å²) in [5, 5.41) is 14.5. The SMILES string of the molecule is COc1ccccc1C[NH+]1CCC(Nc2cc([N+](=O)[O-])ccc2OC)CC1. The third-order valence-corrected chi connectivity index (χ3v) is 5.08. The molecule has 2 aromatic carbocycles. The van der Waals surface area contributed by atoms with Crippen LogP contribution in [-0.2, 0) is 6.54 Å². The van der Waals surface area contributed by atoms with E-state index in [9.17, 15) is 10.1 Å². The van der Waals surface area contributed by atoms with E-state index in [4.69, 9.17) is 9.47 Å². The molecule has 1 aliphatic heterocycles. The van der Waals surface area contributed by atoms with Crippen LogP contribution < -0.4 is 19.7 Å². The van der Waals surface area contributed by atoms with E-state index in [1.807, 2.05) is 18.2 Å². The molecular formula is C20H26N3O4+. The van der Waals surface area contributed by atoms with Crippen molar-refractivity contribution in [1.29, 1.82) is 0 Å². The minimum Gasteiger partial charge on any atom is -0.496 e. The molecular weight excluding hydrogens is 346 g/mol. The first-order valence-electron chi connectivity index (χ1n) is 9.15. The molecule has 2 aromatic rings. The van der Waals surface area contributed by atoms with Gasteiger partial charge in [0.25, 0.3) is 5.69 Å². The van der Waals surface area contributed by atoms with E-state index in [0.29, 0.717) is 11.4 Å². The Balaban J connectivity index is 1.60. The highest BCUT2D eigenvalue weighted by Crippen LogP contribution is 2.30. The molecule has 1 heterocycles. The number of likely N-dealkylation sites (tertiary alicyclic amines) is 1. The summed E-state index contributed by atoms with van der Waals surface area (Å²) >= 11 is 0. The molecule has 1 saturated heterocycles. The zero-order valence-corrected chi connectivity index (χ0v) is 15.7. The maximum atomic E-state index is 11.0. The van der Waals surface area contributed by atoms with Gasteiger partial charge in [-0.3, -0.25) is 10.1 Å². The predicted molar refractivity (Wildman–Crippen MR) is 104 cm³/mol. The van der Waals surface area contributed by atoms with Crippen LogP contribution >= 0.6 is 0 Å². The number of nitro benzene ring substituents is 1. The molecule has 1 fully saturated rings. The van der Waals surface area contributed by atoms with Crippen LogP contribution in [0.25, 0.3) is 0 Å². The molecule has 0 radical (unpaired) electrons. The van der Waals surface area contributed by atoms with Crippen LogP contribution in [0.2, 0.25) is 0 Å². The van der Waals surface area contributed by atoms with Gasteiger partial charge >= 0.3 is 0 Å². The molecule has 7 heteroatoms. The van der Waals surface area contributed by atoms with Gasteiger partial charge in [0.05, 0.1) is 37.9 Å². The standard InChI is InChI=1S/C20H25N3O4/c1-26-19-6-4-3-5-15(19)14-22-11-9-16(10-12-22)21-18-13-17(23(24)25)7-8-20(18)27-2/h3-8,13,16,21H,9-12,14H2,1-2H3/p+1. The van der Waals surface area contributed by atoms with Crippen molar-refractivity contribution < 1.29 is 19.3 Å². The summed E-state index contributed by atoms with van der Waals surface area (Å²) in [6.45, 7) is 3.01. The first-order valence-corrected chi connectivity index (χ1v) is 9.15. The second kappa shape index (κ2) is 8.73. The van der Waals surface area contributed by atoms with Crippen LogP contribution in [0, 0.1) is 10.1 Å². The Hall–Kier alpha value is -2.80. The smallest absolute Gasteiger partial charge is 0.271 e. The lowest BCUT2D eigenvalue weighted by Crippen LogP contribution is -3.12. The number of anilines is 1. The number of piperidine rings is 1. The number of non-ortho nitro benzene ring substituents is 1. The fourth-order valence-corrected chi connectivity index (χ4v) is 3.61. The van der Waals surface area contributed by atoms with Crippen molar-refractivity contribution in [1.82, 2.24) is 0 Å². The van der Waals surface area contributed by atoms with Gasteiger partial charge in [-0.25, -0.2) is 0 Å². The summed E-state index contributed by atoms with van der Waals surface area (Å²) in [5.41, 5.74) is 1.98. The highest BCUT2D eigenvalue weighted by molar-refractivity contribution is 5.62. The van der Waals surface area contributed by atoms with Gasteiger partial charge in [0.1, 0.15) is 18.0 Å². The molecule has 7 nitrogen and oxygen atoms in total. The molecule has 27 heavy (non-hydrogen) atoms. The molecule has 144 valence electrons. The van der Waals surface area contributed by atoms with Gasteiger partial charge in [0.2, 0.25) is 0 Å². The van der Waals surface area contributed by atoms with Crippen molar-refractivity contribution in [2.45, 2.75) is 25.4 Å². The highest BCUT2D eigenvalue weighted by atomic mass is 16.6. The number of rotatable bonds is 7. The summed E-state index contributed by atoms with van der Waals surface area (Å²) in [6, 6.07) is 13.1. The Labute approximate surface area is 159 Å². The molecule has 0 amide bonds. The Morgan fingerprint density at radius 2 is 1.81 bits per heavy atom. The zero-order chi connectivity index (χ0) is 19.2. The van der Waals surface area contributed by atoms with Crippen molar-refractivity contribution in [2.24, 2.45) is 0 Å². The minimum atomic E-state index is -0.384. The minimum absolute atomic E-state index is 0.0672. The highest BCUT2D eigenvalue weighted by Gasteiger charge is 2.24. The van der Waals surface area contributed by atoms with Gasteiger partial charge in [-0.2, -0.15) is 0 Å². The van der Waals surface area contributed by atoms with Crippen LogP contribution in [0.4, 0.5) is 11.4 Å². The summed E-state index contributed by atoms with van der Waals surface area (Å²) in [6.07, 6.45) is 1.99. The quantitative estimate of drug-likeness (QED) is 0.576. The summed E-state index contributed by atoms with van der Waals surface area (Å²) in [4.78, 5) is 12.2. The van der Waals surface area contributed by atoms with Gasteiger partial charge in [-0.1, -0.05) is 12.1 Å². The maximum absolute atomic E-state index is 11.0. The number of benzene rings is 2. The van der Waals surface area contributed by atoms with Gasteiger partial charge in [-0.05, 0) is 18.2 Å². The largest absolute Gasteiger partial charge is 0.496 e. The van der Waals surface area contributed by atoms with E-state index in [-0.39, 0.29) is 16.7 Å². The van der Waals surface area contributed by atoms with E-state index in [0.717, 1.165) is 38.2 Å². The van der Waals surface area contributed by atoms with E-state index in [2.05, 4.69) is 11.4 Å². The number of para-hydroxylation sites is 1. The number of ether oxygens (including phenoxy) is 2. The Morgan fingerprint density at radius 3 is 2.48 bits per heavy atom. The van der Waals surface area contributed by atoms with Crippen molar-refractivity contribution >= 4 is 11.4 Å². The average Bonchev–Trinajstić information content (AvgIpc) is 2.69. The first-order chi connectivity index (χ1) is 13.1. The summed E-state index contributed by atoms with van der Waals surface area (Å²) in [5.74, 6) is 1.57. The van der Waals surface area contributed by atoms with Crippen molar-refractivity contribution in [3.63, 3.8) is 0 Å². The van der Waals surface area contributed by atoms with Crippen molar-refractivity contribution in [3.8, 4) is 11.5 Å². The van der Waals surface area contributed by atoms with E-state index >= 15 is 0 Å². The summed E-state index contributed by atoms with van der Waals surface area (Å²) < 4.78 is 10.8. The van der Waals surface area contributed by atoms with Gasteiger partial charge in [0.15, 0.2) is 0 Å². The van der Waals surface area contributed by atoms with Gasteiger partial charge in [-0.15, -0.1) is 0 Å². The third-order valence-electron chi connectivity index (χ3n) is 5.08.